The summed E-state index contributed by atoms with van der Waals surface area (Å²) >= 11 is 0. The van der Waals surface area contributed by atoms with E-state index in [9.17, 15) is 14.7 Å². The van der Waals surface area contributed by atoms with Gasteiger partial charge in [-0.15, -0.1) is 0 Å². The molecule has 1 aliphatic rings. The van der Waals surface area contributed by atoms with E-state index in [1.54, 1.807) is 6.92 Å². The van der Waals surface area contributed by atoms with E-state index in [0.717, 1.165) is 19.3 Å². The number of aliphatic carboxylic acids is 1. The number of nitrogens with one attached hydrogen (secondary N) is 1. The smallest absolute Gasteiger partial charge is 0.311 e. The zero-order valence-corrected chi connectivity index (χ0v) is 11.2. The maximum atomic E-state index is 11.7. The molecule has 1 aliphatic carbocycles. The second kappa shape index (κ2) is 6.73. The van der Waals surface area contributed by atoms with Crippen LogP contribution in [0.4, 0.5) is 0 Å². The summed E-state index contributed by atoms with van der Waals surface area (Å²) in [6.07, 6.45) is 3.54. The maximum absolute atomic E-state index is 11.7. The van der Waals surface area contributed by atoms with Crippen molar-refractivity contribution in [3.63, 3.8) is 0 Å². The zero-order chi connectivity index (χ0) is 13.6. The van der Waals surface area contributed by atoms with E-state index >= 15 is 0 Å². The summed E-state index contributed by atoms with van der Waals surface area (Å²) in [5, 5.41) is 12.2. The first kappa shape index (κ1) is 15.0. The van der Waals surface area contributed by atoms with Crippen LogP contribution >= 0.6 is 0 Å². The molecule has 0 heterocycles. The lowest BCUT2D eigenvalue weighted by atomic mass is 9.71. The second-order valence-electron chi connectivity index (χ2n) is 5.04. The molecule has 0 bridgehead atoms. The Labute approximate surface area is 108 Å². The molecule has 1 saturated carbocycles. The Bertz CT molecular complexity index is 305. The van der Waals surface area contributed by atoms with Crippen LogP contribution in [0.1, 0.15) is 46.0 Å². The van der Waals surface area contributed by atoms with E-state index in [2.05, 4.69) is 5.32 Å². The molecule has 1 rings (SSSR count). The standard InChI is InChI=1S/C13H23NO4/c1-3-18-9-7-11(15)14-10-6-4-5-8-13(10,2)12(16)17/h10H,3-9H2,1-2H3,(H,14,15)(H,16,17). The summed E-state index contributed by atoms with van der Waals surface area (Å²) in [7, 11) is 0. The molecule has 0 aromatic heterocycles. The van der Waals surface area contributed by atoms with Crippen LogP contribution in [-0.2, 0) is 14.3 Å². The topological polar surface area (TPSA) is 75.6 Å². The van der Waals surface area contributed by atoms with Gasteiger partial charge in [0.2, 0.25) is 5.91 Å². The number of hydrogen-bond acceptors (Lipinski definition) is 3. The third-order valence-electron chi connectivity index (χ3n) is 3.71. The minimum absolute atomic E-state index is 0.122. The van der Waals surface area contributed by atoms with Crippen molar-refractivity contribution in [1.29, 1.82) is 0 Å². The lowest BCUT2D eigenvalue weighted by Crippen LogP contribution is -2.52. The maximum Gasteiger partial charge on any atom is 0.311 e. The van der Waals surface area contributed by atoms with Crippen LogP contribution in [0, 0.1) is 5.41 Å². The summed E-state index contributed by atoms with van der Waals surface area (Å²) in [5.74, 6) is -0.944. The van der Waals surface area contributed by atoms with E-state index in [4.69, 9.17) is 4.74 Å². The third-order valence-corrected chi connectivity index (χ3v) is 3.71. The summed E-state index contributed by atoms with van der Waals surface area (Å²) < 4.78 is 5.12. The van der Waals surface area contributed by atoms with E-state index < -0.39 is 11.4 Å². The highest BCUT2D eigenvalue weighted by Crippen LogP contribution is 2.36. The van der Waals surface area contributed by atoms with Crippen LogP contribution in [0.15, 0.2) is 0 Å². The zero-order valence-electron chi connectivity index (χ0n) is 11.2. The highest BCUT2D eigenvalue weighted by molar-refractivity contribution is 5.80. The van der Waals surface area contributed by atoms with Gasteiger partial charge in [0.25, 0.3) is 0 Å². The first-order valence-corrected chi connectivity index (χ1v) is 6.61. The van der Waals surface area contributed by atoms with E-state index in [1.165, 1.54) is 0 Å². The van der Waals surface area contributed by atoms with Gasteiger partial charge in [-0.2, -0.15) is 0 Å². The molecule has 18 heavy (non-hydrogen) atoms. The number of rotatable bonds is 6. The Kier molecular flexibility index (Phi) is 5.59. The molecule has 0 saturated heterocycles. The van der Waals surface area contributed by atoms with Crippen molar-refractivity contribution in [2.45, 2.75) is 52.0 Å². The van der Waals surface area contributed by atoms with Gasteiger partial charge in [-0.3, -0.25) is 9.59 Å². The van der Waals surface area contributed by atoms with Gasteiger partial charge >= 0.3 is 5.97 Å². The largest absolute Gasteiger partial charge is 0.481 e. The molecule has 2 atom stereocenters. The molecule has 2 unspecified atom stereocenters. The highest BCUT2D eigenvalue weighted by Gasteiger charge is 2.43. The molecular formula is C13H23NO4. The minimum Gasteiger partial charge on any atom is -0.481 e. The lowest BCUT2D eigenvalue weighted by molar-refractivity contribution is -0.152. The molecule has 104 valence electrons. The van der Waals surface area contributed by atoms with Gasteiger partial charge in [0, 0.05) is 19.1 Å². The van der Waals surface area contributed by atoms with Crippen molar-refractivity contribution >= 4 is 11.9 Å². The molecule has 0 aliphatic heterocycles. The Morgan fingerprint density at radius 3 is 2.78 bits per heavy atom. The number of amides is 1. The molecule has 0 aromatic rings. The normalized spacial score (nSPS) is 27.8. The van der Waals surface area contributed by atoms with Crippen molar-refractivity contribution < 1.29 is 19.4 Å². The van der Waals surface area contributed by atoms with E-state index in [0.29, 0.717) is 26.1 Å². The Hall–Kier alpha value is -1.10. The molecule has 5 heteroatoms. The van der Waals surface area contributed by atoms with Crippen LogP contribution in [0.2, 0.25) is 0 Å². The van der Waals surface area contributed by atoms with Crippen LogP contribution in [-0.4, -0.2) is 36.2 Å². The predicted molar refractivity (Wildman–Crippen MR) is 67.3 cm³/mol. The van der Waals surface area contributed by atoms with Gasteiger partial charge in [-0.05, 0) is 26.7 Å². The number of ether oxygens (including phenoxy) is 1. The number of carboxylic acids is 1. The molecule has 5 nitrogen and oxygen atoms in total. The van der Waals surface area contributed by atoms with Crippen molar-refractivity contribution in [2.24, 2.45) is 5.41 Å². The average Bonchev–Trinajstić information content (AvgIpc) is 2.32. The van der Waals surface area contributed by atoms with Gasteiger partial charge < -0.3 is 15.2 Å². The first-order chi connectivity index (χ1) is 8.50. The number of carbonyl (C=O) groups is 2. The lowest BCUT2D eigenvalue weighted by Gasteiger charge is -2.38. The van der Waals surface area contributed by atoms with Crippen molar-refractivity contribution in [2.75, 3.05) is 13.2 Å². The predicted octanol–water partition coefficient (Wildman–Crippen LogP) is 1.56. The molecular weight excluding hydrogens is 234 g/mol. The van der Waals surface area contributed by atoms with Gasteiger partial charge in [0.1, 0.15) is 0 Å². The monoisotopic (exact) mass is 257 g/mol. The Morgan fingerprint density at radius 1 is 1.44 bits per heavy atom. The minimum atomic E-state index is -0.834. The summed E-state index contributed by atoms with van der Waals surface area (Å²) in [5.41, 5.74) is -0.834. The number of carboxylic acid groups (broad SMARTS) is 1. The van der Waals surface area contributed by atoms with E-state index in [-0.39, 0.29) is 11.9 Å². The molecule has 0 spiro atoms. The quantitative estimate of drug-likeness (QED) is 0.708. The number of carbonyl (C=O) groups excluding carboxylic acids is 1. The van der Waals surface area contributed by atoms with Crippen LogP contribution in [0.25, 0.3) is 0 Å². The van der Waals surface area contributed by atoms with Crippen molar-refractivity contribution in [3.05, 3.63) is 0 Å². The average molecular weight is 257 g/mol. The van der Waals surface area contributed by atoms with Gasteiger partial charge in [-0.25, -0.2) is 0 Å². The third kappa shape index (κ3) is 3.70. The fraction of sp³-hybridized carbons (Fsp3) is 0.846. The molecule has 0 radical (unpaired) electrons. The number of hydrogen-bond donors (Lipinski definition) is 2. The molecule has 1 amide bonds. The van der Waals surface area contributed by atoms with Crippen LogP contribution in [0.3, 0.4) is 0 Å². The van der Waals surface area contributed by atoms with Gasteiger partial charge in [0.05, 0.1) is 12.0 Å². The molecule has 0 aromatic carbocycles. The summed E-state index contributed by atoms with van der Waals surface area (Å²) in [6, 6.07) is -0.266. The fourth-order valence-electron chi connectivity index (χ4n) is 2.40. The Morgan fingerprint density at radius 2 is 2.17 bits per heavy atom. The fourth-order valence-corrected chi connectivity index (χ4v) is 2.40. The SMILES string of the molecule is CCOCCC(=O)NC1CCCCC1(C)C(=O)O. The van der Waals surface area contributed by atoms with Crippen molar-refractivity contribution in [1.82, 2.24) is 5.32 Å². The van der Waals surface area contributed by atoms with Crippen LogP contribution < -0.4 is 5.32 Å². The molecule has 1 fully saturated rings. The van der Waals surface area contributed by atoms with Gasteiger partial charge in [-0.1, -0.05) is 12.8 Å². The van der Waals surface area contributed by atoms with Crippen LogP contribution in [0.5, 0.6) is 0 Å². The van der Waals surface area contributed by atoms with Crippen molar-refractivity contribution in [3.8, 4) is 0 Å². The summed E-state index contributed by atoms with van der Waals surface area (Å²) in [6.45, 7) is 4.57. The molecule has 2 N–H and O–H groups in total. The Balaban J connectivity index is 2.52. The highest BCUT2D eigenvalue weighted by atomic mass is 16.5. The first-order valence-electron chi connectivity index (χ1n) is 6.61. The second-order valence-corrected chi connectivity index (χ2v) is 5.04. The van der Waals surface area contributed by atoms with E-state index in [1.807, 2.05) is 6.92 Å². The summed E-state index contributed by atoms with van der Waals surface area (Å²) in [4.78, 5) is 23.1. The van der Waals surface area contributed by atoms with Gasteiger partial charge in [0.15, 0.2) is 0 Å².